The summed E-state index contributed by atoms with van der Waals surface area (Å²) in [5.41, 5.74) is 1.82. The van der Waals surface area contributed by atoms with Crippen LogP contribution in [0.15, 0.2) is 78.9 Å². The lowest BCUT2D eigenvalue weighted by Crippen LogP contribution is -2.34. The van der Waals surface area contributed by atoms with E-state index in [0.29, 0.717) is 35.9 Å². The van der Waals surface area contributed by atoms with Gasteiger partial charge in [-0.1, -0.05) is 24.3 Å². The first-order valence-corrected chi connectivity index (χ1v) is 10.7. The van der Waals surface area contributed by atoms with Gasteiger partial charge in [-0.3, -0.25) is 14.9 Å². The topological polar surface area (TPSA) is 79.9 Å². The minimum absolute atomic E-state index is 0.0841. The summed E-state index contributed by atoms with van der Waals surface area (Å²) >= 11 is 5.25. The molecule has 0 unspecified atom stereocenters. The van der Waals surface area contributed by atoms with Crippen LogP contribution in [0.3, 0.4) is 0 Å². The lowest BCUT2D eigenvalue weighted by Gasteiger charge is -2.16. The second kappa shape index (κ2) is 11.6. The number of anilines is 2. The highest BCUT2D eigenvalue weighted by Crippen LogP contribution is 2.19. The van der Waals surface area contributed by atoms with E-state index in [2.05, 4.69) is 10.6 Å². The third-order valence-electron chi connectivity index (χ3n) is 4.67. The molecule has 0 radical (unpaired) electrons. The molecule has 0 aliphatic heterocycles. The third-order valence-corrected chi connectivity index (χ3v) is 4.88. The molecule has 3 aromatic rings. The minimum atomic E-state index is -0.344. The van der Waals surface area contributed by atoms with Crippen LogP contribution in [0, 0.1) is 0 Å². The van der Waals surface area contributed by atoms with Crippen LogP contribution < -0.4 is 25.0 Å². The zero-order chi connectivity index (χ0) is 23.6. The summed E-state index contributed by atoms with van der Waals surface area (Å²) in [6.07, 6.45) is 0. The van der Waals surface area contributed by atoms with Crippen molar-refractivity contribution in [3.63, 3.8) is 0 Å². The monoisotopic (exact) mass is 463 g/mol. The van der Waals surface area contributed by atoms with Gasteiger partial charge in [-0.15, -0.1) is 0 Å². The number of hydrogen-bond donors (Lipinski definition) is 2. The quantitative estimate of drug-likeness (QED) is 0.384. The number of benzene rings is 3. The van der Waals surface area contributed by atoms with Crippen LogP contribution in [0.2, 0.25) is 0 Å². The predicted molar refractivity (Wildman–Crippen MR) is 133 cm³/mol. The number of ether oxygens (including phenoxy) is 2. The summed E-state index contributed by atoms with van der Waals surface area (Å²) in [5, 5.41) is 5.76. The van der Waals surface area contributed by atoms with Crippen molar-refractivity contribution in [1.82, 2.24) is 5.32 Å². The number of hydrogen-bond acceptors (Lipinski definition) is 5. The number of nitrogens with one attached hydrogen (secondary N) is 2. The summed E-state index contributed by atoms with van der Waals surface area (Å²) in [4.78, 5) is 25.5. The second-order valence-corrected chi connectivity index (χ2v) is 7.48. The zero-order valence-corrected chi connectivity index (χ0v) is 19.2. The molecule has 0 saturated carbocycles. The highest BCUT2D eigenvalue weighted by atomic mass is 32.1. The van der Waals surface area contributed by atoms with E-state index in [4.69, 9.17) is 21.7 Å². The van der Waals surface area contributed by atoms with Crippen LogP contribution in [0.5, 0.6) is 11.5 Å². The molecule has 33 heavy (non-hydrogen) atoms. The van der Waals surface area contributed by atoms with Crippen LogP contribution >= 0.6 is 12.2 Å². The maximum absolute atomic E-state index is 12.5. The van der Waals surface area contributed by atoms with E-state index >= 15 is 0 Å². The van der Waals surface area contributed by atoms with Crippen LogP contribution in [-0.2, 0) is 4.79 Å². The maximum atomic E-state index is 12.5. The number of carbonyl (C=O) groups is 2. The SMILES string of the molecule is CC(=O)N(C)c1cccc(NC(=S)NC(=O)c2ccc(OCCOc3ccccc3)cc2)c1. The molecule has 0 atom stereocenters. The van der Waals surface area contributed by atoms with Crippen LogP contribution in [0.1, 0.15) is 17.3 Å². The van der Waals surface area contributed by atoms with E-state index in [0.717, 1.165) is 5.75 Å². The Kier molecular flexibility index (Phi) is 8.37. The van der Waals surface area contributed by atoms with Crippen molar-refractivity contribution >= 4 is 40.5 Å². The van der Waals surface area contributed by atoms with Crippen molar-refractivity contribution in [3.05, 3.63) is 84.4 Å². The smallest absolute Gasteiger partial charge is 0.257 e. The van der Waals surface area contributed by atoms with Gasteiger partial charge in [0.05, 0.1) is 0 Å². The molecule has 0 aliphatic rings. The summed E-state index contributed by atoms with van der Waals surface area (Å²) in [6, 6.07) is 23.4. The molecule has 0 spiro atoms. The number of carbonyl (C=O) groups excluding carboxylic acids is 2. The highest BCUT2D eigenvalue weighted by molar-refractivity contribution is 7.80. The van der Waals surface area contributed by atoms with Crippen LogP contribution in [0.4, 0.5) is 11.4 Å². The van der Waals surface area contributed by atoms with Crippen molar-refractivity contribution in [3.8, 4) is 11.5 Å². The van der Waals surface area contributed by atoms with E-state index < -0.39 is 0 Å². The van der Waals surface area contributed by atoms with Crippen molar-refractivity contribution in [1.29, 1.82) is 0 Å². The molecule has 0 fully saturated rings. The average Bonchev–Trinajstić information content (AvgIpc) is 2.82. The van der Waals surface area contributed by atoms with Gasteiger partial charge in [-0.25, -0.2) is 0 Å². The first-order chi connectivity index (χ1) is 15.9. The molecular weight excluding hydrogens is 438 g/mol. The molecular formula is C25H25N3O4S. The molecule has 7 nitrogen and oxygen atoms in total. The Morgan fingerprint density at radius 3 is 2.15 bits per heavy atom. The largest absolute Gasteiger partial charge is 0.490 e. The Hall–Kier alpha value is -3.91. The molecule has 2 amide bonds. The van der Waals surface area contributed by atoms with Gasteiger partial charge in [0.15, 0.2) is 5.11 Å². The van der Waals surface area contributed by atoms with Gasteiger partial charge in [-0.2, -0.15) is 0 Å². The van der Waals surface area contributed by atoms with Gasteiger partial charge >= 0.3 is 0 Å². The Bertz CT molecular complexity index is 1100. The van der Waals surface area contributed by atoms with Crippen LogP contribution in [0.25, 0.3) is 0 Å². The van der Waals surface area contributed by atoms with E-state index in [9.17, 15) is 9.59 Å². The summed E-state index contributed by atoms with van der Waals surface area (Å²) in [7, 11) is 1.69. The molecule has 0 heterocycles. The van der Waals surface area contributed by atoms with Crippen molar-refractivity contribution < 1.29 is 19.1 Å². The van der Waals surface area contributed by atoms with E-state index in [1.807, 2.05) is 36.4 Å². The fourth-order valence-corrected chi connectivity index (χ4v) is 3.06. The molecule has 0 saturated heterocycles. The summed E-state index contributed by atoms with van der Waals surface area (Å²) in [6.45, 7) is 2.28. The maximum Gasteiger partial charge on any atom is 0.257 e. The number of amides is 2. The van der Waals surface area contributed by atoms with Gasteiger partial charge in [0, 0.05) is 30.9 Å². The number of thiocarbonyl (C=S) groups is 1. The molecule has 8 heteroatoms. The summed E-state index contributed by atoms with van der Waals surface area (Å²) in [5.74, 6) is 0.994. The minimum Gasteiger partial charge on any atom is -0.490 e. The molecule has 3 aromatic carbocycles. The normalized spacial score (nSPS) is 10.1. The second-order valence-electron chi connectivity index (χ2n) is 7.07. The fourth-order valence-electron chi connectivity index (χ4n) is 2.85. The first kappa shape index (κ1) is 23.7. The van der Waals surface area contributed by atoms with E-state index in [1.165, 1.54) is 11.8 Å². The molecule has 0 aliphatic carbocycles. The number of rotatable bonds is 8. The third kappa shape index (κ3) is 7.33. The van der Waals surface area contributed by atoms with Gasteiger partial charge < -0.3 is 19.7 Å². The van der Waals surface area contributed by atoms with E-state index in [1.54, 1.807) is 49.5 Å². The Labute approximate surface area is 198 Å². The predicted octanol–water partition coefficient (Wildman–Crippen LogP) is 4.25. The van der Waals surface area contributed by atoms with Gasteiger partial charge in [0.2, 0.25) is 5.91 Å². The molecule has 0 bridgehead atoms. The molecule has 0 aromatic heterocycles. The van der Waals surface area contributed by atoms with Gasteiger partial charge in [-0.05, 0) is 66.8 Å². The molecule has 170 valence electrons. The molecule has 3 rings (SSSR count). The highest BCUT2D eigenvalue weighted by Gasteiger charge is 2.10. The van der Waals surface area contributed by atoms with Gasteiger partial charge in [0.1, 0.15) is 24.7 Å². The lowest BCUT2D eigenvalue weighted by molar-refractivity contribution is -0.116. The van der Waals surface area contributed by atoms with Crippen molar-refractivity contribution in [2.75, 3.05) is 30.5 Å². The number of para-hydroxylation sites is 1. The summed E-state index contributed by atoms with van der Waals surface area (Å²) < 4.78 is 11.2. The van der Waals surface area contributed by atoms with Crippen molar-refractivity contribution in [2.24, 2.45) is 0 Å². The Morgan fingerprint density at radius 1 is 0.879 bits per heavy atom. The molecule has 2 N–H and O–H groups in total. The van der Waals surface area contributed by atoms with E-state index in [-0.39, 0.29) is 16.9 Å². The number of nitrogens with zero attached hydrogens (tertiary/aromatic N) is 1. The van der Waals surface area contributed by atoms with Gasteiger partial charge in [0.25, 0.3) is 5.91 Å². The van der Waals surface area contributed by atoms with Crippen LogP contribution in [-0.4, -0.2) is 37.2 Å². The van der Waals surface area contributed by atoms with Crippen molar-refractivity contribution in [2.45, 2.75) is 6.92 Å². The zero-order valence-electron chi connectivity index (χ0n) is 18.4. The standard InChI is InChI=1S/C25H25N3O4S/c1-18(29)28(2)21-8-6-7-20(17-21)26-25(33)27-24(30)19-11-13-23(14-12-19)32-16-15-31-22-9-4-3-5-10-22/h3-14,17H,15-16H2,1-2H3,(H2,26,27,30,33). The average molecular weight is 464 g/mol. The Balaban J connectivity index is 1.46. The lowest BCUT2D eigenvalue weighted by atomic mass is 10.2. The first-order valence-electron chi connectivity index (χ1n) is 10.3. The Morgan fingerprint density at radius 2 is 1.52 bits per heavy atom. The fraction of sp³-hybridized carbons (Fsp3) is 0.160.